The fourth-order valence-electron chi connectivity index (χ4n) is 1.39. The normalized spacial score (nSPS) is 11.4. The van der Waals surface area contributed by atoms with E-state index in [1.807, 2.05) is 0 Å². The molecule has 0 aromatic heterocycles. The maximum absolute atomic E-state index is 11.2. The van der Waals surface area contributed by atoms with E-state index in [1.165, 1.54) is 0 Å². The van der Waals surface area contributed by atoms with Gasteiger partial charge in [0.15, 0.2) is 0 Å². The Kier molecular flexibility index (Phi) is 4.28. The maximum atomic E-state index is 11.2. The molecule has 16 heavy (non-hydrogen) atoms. The molecule has 0 amide bonds. The van der Waals surface area contributed by atoms with Crippen molar-refractivity contribution in [2.75, 3.05) is 17.5 Å². The number of aliphatic hydroxyl groups is 1. The Balaban J connectivity index is 3.09. The summed E-state index contributed by atoms with van der Waals surface area (Å²) < 4.78 is 24.7. The van der Waals surface area contributed by atoms with Crippen molar-refractivity contribution in [1.82, 2.24) is 0 Å². The molecular formula is C10H16N2O3S. The zero-order valence-electron chi connectivity index (χ0n) is 9.10. The van der Waals surface area contributed by atoms with Crippen molar-refractivity contribution in [2.24, 2.45) is 5.73 Å². The van der Waals surface area contributed by atoms with Gasteiger partial charge in [-0.05, 0) is 30.2 Å². The van der Waals surface area contributed by atoms with Crippen LogP contribution >= 0.6 is 0 Å². The van der Waals surface area contributed by atoms with Gasteiger partial charge in [0.1, 0.15) is 0 Å². The summed E-state index contributed by atoms with van der Waals surface area (Å²) in [7, 11) is -3.32. The quantitative estimate of drug-likeness (QED) is 0.682. The van der Waals surface area contributed by atoms with Gasteiger partial charge in [0.25, 0.3) is 0 Å². The second-order valence-corrected chi connectivity index (χ2v) is 5.31. The molecule has 1 rings (SSSR count). The summed E-state index contributed by atoms with van der Waals surface area (Å²) in [4.78, 5) is 0. The second kappa shape index (κ2) is 5.29. The monoisotopic (exact) mass is 244 g/mol. The lowest BCUT2D eigenvalue weighted by Crippen LogP contribution is -2.13. The summed E-state index contributed by atoms with van der Waals surface area (Å²) >= 11 is 0. The highest BCUT2D eigenvalue weighted by Gasteiger charge is 2.07. The van der Waals surface area contributed by atoms with Gasteiger partial charge >= 0.3 is 0 Å². The van der Waals surface area contributed by atoms with E-state index in [4.69, 9.17) is 10.8 Å². The number of anilines is 1. The average Bonchev–Trinajstić information content (AvgIpc) is 2.18. The molecule has 0 atom stereocenters. The van der Waals surface area contributed by atoms with Crippen molar-refractivity contribution in [1.29, 1.82) is 0 Å². The largest absolute Gasteiger partial charge is 0.392 e. The molecule has 0 saturated heterocycles. The first-order chi connectivity index (χ1) is 7.46. The molecule has 0 bridgehead atoms. The van der Waals surface area contributed by atoms with Crippen LogP contribution in [0.3, 0.4) is 0 Å². The molecule has 0 aliphatic heterocycles. The van der Waals surface area contributed by atoms with E-state index in [0.29, 0.717) is 24.2 Å². The molecular weight excluding hydrogens is 228 g/mol. The van der Waals surface area contributed by atoms with Gasteiger partial charge in [0.05, 0.1) is 18.6 Å². The molecule has 0 aliphatic rings. The van der Waals surface area contributed by atoms with Crippen LogP contribution in [0.2, 0.25) is 0 Å². The first-order valence-corrected chi connectivity index (χ1v) is 6.76. The van der Waals surface area contributed by atoms with E-state index in [1.54, 1.807) is 18.2 Å². The fraction of sp³-hybridized carbons (Fsp3) is 0.400. The van der Waals surface area contributed by atoms with E-state index in [0.717, 1.165) is 11.8 Å². The Hall–Kier alpha value is -1.11. The van der Waals surface area contributed by atoms with E-state index < -0.39 is 10.0 Å². The number of nitrogens with one attached hydrogen (secondary N) is 1. The molecule has 0 radical (unpaired) electrons. The first kappa shape index (κ1) is 13.0. The van der Waals surface area contributed by atoms with Crippen LogP contribution in [0.1, 0.15) is 11.1 Å². The lowest BCUT2D eigenvalue weighted by Gasteiger charge is -2.11. The Morgan fingerprint density at radius 1 is 1.44 bits per heavy atom. The number of hydrogen-bond donors (Lipinski definition) is 3. The zero-order valence-corrected chi connectivity index (χ0v) is 9.92. The van der Waals surface area contributed by atoms with Crippen LogP contribution in [0.25, 0.3) is 0 Å². The van der Waals surface area contributed by atoms with Gasteiger partial charge in [-0.25, -0.2) is 8.42 Å². The number of nitrogens with two attached hydrogens (primary N) is 1. The molecule has 0 unspecified atom stereocenters. The number of aliphatic hydroxyl groups excluding tert-OH is 1. The third-order valence-corrected chi connectivity index (χ3v) is 2.66. The molecule has 90 valence electrons. The van der Waals surface area contributed by atoms with Crippen LogP contribution in [0.5, 0.6) is 0 Å². The first-order valence-electron chi connectivity index (χ1n) is 4.87. The lowest BCUT2D eigenvalue weighted by atomic mass is 10.1. The highest BCUT2D eigenvalue weighted by Crippen LogP contribution is 2.19. The summed E-state index contributed by atoms with van der Waals surface area (Å²) in [6, 6.07) is 5.14. The van der Waals surface area contributed by atoms with Crippen LogP contribution in [0.4, 0.5) is 5.69 Å². The molecule has 0 aliphatic carbocycles. The van der Waals surface area contributed by atoms with Gasteiger partial charge in [0, 0.05) is 0 Å². The van der Waals surface area contributed by atoms with Crippen molar-refractivity contribution < 1.29 is 13.5 Å². The molecule has 0 heterocycles. The average molecular weight is 244 g/mol. The summed E-state index contributed by atoms with van der Waals surface area (Å²) in [5.74, 6) is 0. The van der Waals surface area contributed by atoms with Gasteiger partial charge < -0.3 is 10.8 Å². The lowest BCUT2D eigenvalue weighted by molar-refractivity contribution is 0.282. The maximum Gasteiger partial charge on any atom is 0.229 e. The second-order valence-electron chi connectivity index (χ2n) is 3.56. The predicted molar refractivity (Wildman–Crippen MR) is 63.6 cm³/mol. The molecule has 0 fully saturated rings. The van der Waals surface area contributed by atoms with E-state index in [2.05, 4.69) is 4.72 Å². The van der Waals surface area contributed by atoms with Crippen LogP contribution in [0.15, 0.2) is 18.2 Å². The number of hydrogen-bond acceptors (Lipinski definition) is 4. The van der Waals surface area contributed by atoms with Gasteiger partial charge in [0.2, 0.25) is 10.0 Å². The van der Waals surface area contributed by atoms with Crippen LogP contribution in [0, 0.1) is 0 Å². The van der Waals surface area contributed by atoms with Crippen LogP contribution in [-0.4, -0.2) is 26.3 Å². The highest BCUT2D eigenvalue weighted by molar-refractivity contribution is 7.92. The Bertz CT molecular complexity index is 457. The third kappa shape index (κ3) is 3.80. The van der Waals surface area contributed by atoms with Gasteiger partial charge in [-0.1, -0.05) is 12.1 Å². The van der Waals surface area contributed by atoms with E-state index in [9.17, 15) is 8.42 Å². The van der Waals surface area contributed by atoms with Crippen molar-refractivity contribution in [3.05, 3.63) is 29.3 Å². The van der Waals surface area contributed by atoms with Crippen molar-refractivity contribution in [3.8, 4) is 0 Å². The minimum absolute atomic E-state index is 0.124. The smallest absolute Gasteiger partial charge is 0.229 e. The summed E-state index contributed by atoms with van der Waals surface area (Å²) in [6.07, 6.45) is 1.68. The topological polar surface area (TPSA) is 92.4 Å². The van der Waals surface area contributed by atoms with Gasteiger partial charge in [-0.2, -0.15) is 0 Å². The Labute approximate surface area is 95.3 Å². The Morgan fingerprint density at radius 2 is 2.12 bits per heavy atom. The van der Waals surface area contributed by atoms with Crippen LogP contribution in [-0.2, 0) is 23.1 Å². The summed E-state index contributed by atoms with van der Waals surface area (Å²) in [5, 5.41) is 8.98. The van der Waals surface area contributed by atoms with Crippen LogP contribution < -0.4 is 10.5 Å². The number of sulfonamides is 1. The standard InChI is InChI=1S/C10H16N2O3S/c1-16(14,15)12-10-6-8(7-13)2-3-9(10)4-5-11/h2-3,6,12-13H,4-5,7,11H2,1H3. The van der Waals surface area contributed by atoms with Crippen molar-refractivity contribution in [2.45, 2.75) is 13.0 Å². The third-order valence-electron chi connectivity index (χ3n) is 2.07. The minimum Gasteiger partial charge on any atom is -0.392 e. The molecule has 1 aromatic rings. The van der Waals surface area contributed by atoms with Gasteiger partial charge in [-0.3, -0.25) is 4.72 Å². The molecule has 1 aromatic carbocycles. The van der Waals surface area contributed by atoms with Crippen molar-refractivity contribution >= 4 is 15.7 Å². The molecule has 6 heteroatoms. The number of rotatable bonds is 5. The molecule has 4 N–H and O–H groups in total. The van der Waals surface area contributed by atoms with Gasteiger partial charge in [-0.15, -0.1) is 0 Å². The zero-order chi connectivity index (χ0) is 12.2. The minimum atomic E-state index is -3.32. The Morgan fingerprint density at radius 3 is 2.62 bits per heavy atom. The highest BCUT2D eigenvalue weighted by atomic mass is 32.2. The predicted octanol–water partition coefficient (Wildman–Crippen LogP) is 0.0516. The van der Waals surface area contributed by atoms with Crippen molar-refractivity contribution in [3.63, 3.8) is 0 Å². The van der Waals surface area contributed by atoms with E-state index >= 15 is 0 Å². The molecule has 5 nitrogen and oxygen atoms in total. The SMILES string of the molecule is CS(=O)(=O)Nc1cc(CO)ccc1CCN. The summed E-state index contributed by atoms with van der Waals surface area (Å²) in [6.45, 7) is 0.318. The molecule has 0 spiro atoms. The fourth-order valence-corrected chi connectivity index (χ4v) is 1.98. The molecule has 0 saturated carbocycles. The number of benzene rings is 1. The summed E-state index contributed by atoms with van der Waals surface area (Å²) in [5.41, 5.74) is 7.41. The van der Waals surface area contributed by atoms with E-state index in [-0.39, 0.29) is 6.61 Å².